The van der Waals surface area contributed by atoms with E-state index in [0.29, 0.717) is 16.0 Å². The minimum absolute atomic E-state index is 0.317. The highest BCUT2D eigenvalue weighted by atomic mass is 35.5. The molecule has 0 spiro atoms. The molecule has 2 atom stereocenters. The Morgan fingerprint density at radius 3 is 2.59 bits per heavy atom. The van der Waals surface area contributed by atoms with E-state index in [1.807, 2.05) is 25.1 Å². The third-order valence-electron chi connectivity index (χ3n) is 4.65. The van der Waals surface area contributed by atoms with Crippen molar-refractivity contribution < 1.29 is 0 Å². The maximum absolute atomic E-state index is 6.49. The van der Waals surface area contributed by atoms with E-state index >= 15 is 0 Å². The fourth-order valence-electron chi connectivity index (χ4n) is 3.28. The van der Waals surface area contributed by atoms with Gasteiger partial charge in [-0.3, -0.25) is 0 Å². The lowest BCUT2D eigenvalue weighted by Crippen LogP contribution is -2.39. The van der Waals surface area contributed by atoms with Crippen LogP contribution < -0.4 is 5.32 Å². The number of aryl methyl sites for hydroxylation is 1. The minimum atomic E-state index is -0.317. The van der Waals surface area contributed by atoms with E-state index in [-0.39, 0.29) is 5.54 Å². The Bertz CT molecular complexity index is 675. The Morgan fingerprint density at radius 2 is 1.95 bits per heavy atom. The molecule has 22 heavy (non-hydrogen) atoms. The molecule has 1 aliphatic rings. The van der Waals surface area contributed by atoms with Crippen LogP contribution in [0.15, 0.2) is 30.6 Å². The lowest BCUT2D eigenvalue weighted by atomic mass is 9.86. The second kappa shape index (κ2) is 6.05. The SMILES string of the molecule is Cc1ccc(Cl)c(NC2(c3ncccn3)CCCC2C)c1Cl. The van der Waals surface area contributed by atoms with Gasteiger partial charge in [-0.25, -0.2) is 9.97 Å². The van der Waals surface area contributed by atoms with E-state index in [0.717, 1.165) is 36.3 Å². The molecular weight excluding hydrogens is 317 g/mol. The number of rotatable bonds is 3. The Kier molecular flexibility index (Phi) is 4.28. The third kappa shape index (κ3) is 2.57. The highest BCUT2D eigenvalue weighted by molar-refractivity contribution is 6.39. The Balaban J connectivity index is 2.08. The number of anilines is 1. The minimum Gasteiger partial charge on any atom is -0.370 e. The summed E-state index contributed by atoms with van der Waals surface area (Å²) in [6.45, 7) is 4.21. The highest BCUT2D eigenvalue weighted by Crippen LogP contribution is 2.47. The van der Waals surface area contributed by atoms with Crippen LogP contribution in [0.5, 0.6) is 0 Å². The predicted molar refractivity (Wildman–Crippen MR) is 91.5 cm³/mol. The van der Waals surface area contributed by atoms with Gasteiger partial charge in [0.2, 0.25) is 0 Å². The monoisotopic (exact) mass is 335 g/mol. The van der Waals surface area contributed by atoms with Crippen LogP contribution in [0.2, 0.25) is 10.0 Å². The summed E-state index contributed by atoms with van der Waals surface area (Å²) in [6, 6.07) is 5.65. The number of benzene rings is 1. The highest BCUT2D eigenvalue weighted by Gasteiger charge is 2.44. The van der Waals surface area contributed by atoms with Crippen molar-refractivity contribution in [1.82, 2.24) is 9.97 Å². The molecule has 1 fully saturated rings. The van der Waals surface area contributed by atoms with Crippen LogP contribution in [0.1, 0.15) is 37.6 Å². The largest absolute Gasteiger partial charge is 0.370 e. The van der Waals surface area contributed by atoms with Gasteiger partial charge in [-0.05, 0) is 43.4 Å². The molecule has 3 rings (SSSR count). The summed E-state index contributed by atoms with van der Waals surface area (Å²) in [5.41, 5.74) is 1.47. The summed E-state index contributed by atoms with van der Waals surface area (Å²) < 4.78 is 0. The summed E-state index contributed by atoms with van der Waals surface area (Å²) in [7, 11) is 0. The van der Waals surface area contributed by atoms with Crippen molar-refractivity contribution in [2.24, 2.45) is 5.92 Å². The van der Waals surface area contributed by atoms with Crippen molar-refractivity contribution in [2.45, 2.75) is 38.6 Å². The van der Waals surface area contributed by atoms with Crippen LogP contribution in [-0.4, -0.2) is 9.97 Å². The lowest BCUT2D eigenvalue weighted by molar-refractivity contribution is 0.363. The molecule has 1 aromatic heterocycles. The molecular formula is C17H19Cl2N3. The molecule has 1 saturated carbocycles. The van der Waals surface area contributed by atoms with Gasteiger partial charge in [0.1, 0.15) is 5.54 Å². The first kappa shape index (κ1) is 15.6. The van der Waals surface area contributed by atoms with E-state index in [2.05, 4.69) is 22.2 Å². The van der Waals surface area contributed by atoms with E-state index in [1.165, 1.54) is 0 Å². The van der Waals surface area contributed by atoms with E-state index in [4.69, 9.17) is 23.2 Å². The van der Waals surface area contributed by atoms with Crippen molar-refractivity contribution in [1.29, 1.82) is 0 Å². The number of aromatic nitrogens is 2. The number of hydrogen-bond acceptors (Lipinski definition) is 3. The van der Waals surface area contributed by atoms with Crippen molar-refractivity contribution >= 4 is 28.9 Å². The number of nitrogens with zero attached hydrogens (tertiary/aromatic N) is 2. The summed E-state index contributed by atoms with van der Waals surface area (Å²) in [5, 5.41) is 4.91. The first-order chi connectivity index (χ1) is 10.5. The summed E-state index contributed by atoms with van der Waals surface area (Å²) in [6.07, 6.45) is 6.81. The molecule has 0 amide bonds. The van der Waals surface area contributed by atoms with Gasteiger partial charge < -0.3 is 5.32 Å². The normalized spacial score (nSPS) is 24.5. The molecule has 1 N–H and O–H groups in total. The zero-order valence-electron chi connectivity index (χ0n) is 12.7. The molecule has 1 aliphatic carbocycles. The number of hydrogen-bond donors (Lipinski definition) is 1. The molecule has 0 radical (unpaired) electrons. The van der Waals surface area contributed by atoms with Crippen LogP contribution in [0.4, 0.5) is 5.69 Å². The molecule has 5 heteroatoms. The predicted octanol–water partition coefficient (Wildman–Crippen LogP) is 5.22. The first-order valence-corrected chi connectivity index (χ1v) is 8.30. The summed E-state index contributed by atoms with van der Waals surface area (Å²) >= 11 is 12.9. The lowest BCUT2D eigenvalue weighted by Gasteiger charge is -2.35. The quantitative estimate of drug-likeness (QED) is 0.835. The van der Waals surface area contributed by atoms with E-state index in [9.17, 15) is 0 Å². The van der Waals surface area contributed by atoms with Crippen molar-refractivity contribution in [3.05, 3.63) is 52.0 Å². The number of halogens is 2. The van der Waals surface area contributed by atoms with Crippen LogP contribution in [0.25, 0.3) is 0 Å². The van der Waals surface area contributed by atoms with Crippen molar-refractivity contribution in [2.75, 3.05) is 5.32 Å². The average molecular weight is 336 g/mol. The van der Waals surface area contributed by atoms with Gasteiger partial charge in [0.15, 0.2) is 5.82 Å². The second-order valence-electron chi connectivity index (χ2n) is 6.02. The molecule has 2 unspecified atom stereocenters. The fourth-order valence-corrected chi connectivity index (χ4v) is 3.74. The van der Waals surface area contributed by atoms with Gasteiger partial charge in [0.05, 0.1) is 15.7 Å². The third-order valence-corrected chi connectivity index (χ3v) is 5.45. The van der Waals surface area contributed by atoms with Gasteiger partial charge in [-0.1, -0.05) is 42.6 Å². The van der Waals surface area contributed by atoms with Gasteiger partial charge in [-0.2, -0.15) is 0 Å². The summed E-state index contributed by atoms with van der Waals surface area (Å²) in [4.78, 5) is 9.00. The van der Waals surface area contributed by atoms with Gasteiger partial charge in [-0.15, -0.1) is 0 Å². The van der Waals surface area contributed by atoms with Gasteiger partial charge in [0, 0.05) is 12.4 Å². The second-order valence-corrected chi connectivity index (χ2v) is 6.80. The molecule has 0 saturated heterocycles. The first-order valence-electron chi connectivity index (χ1n) is 7.55. The molecule has 2 aromatic rings. The maximum atomic E-state index is 6.49. The Labute approximate surface area is 141 Å². The zero-order chi connectivity index (χ0) is 15.7. The van der Waals surface area contributed by atoms with E-state index < -0.39 is 0 Å². The molecule has 1 heterocycles. The standard InChI is InChI=1S/C17H19Cl2N3/c1-11-6-7-13(18)15(14(11)19)22-17(8-3-5-12(17)2)16-20-9-4-10-21-16/h4,6-7,9-10,12,22H,3,5,8H2,1-2H3. The Morgan fingerprint density at radius 1 is 1.23 bits per heavy atom. The topological polar surface area (TPSA) is 37.8 Å². The van der Waals surface area contributed by atoms with Crippen LogP contribution >= 0.6 is 23.2 Å². The summed E-state index contributed by atoms with van der Waals surface area (Å²) in [5.74, 6) is 1.22. The Hall–Kier alpha value is -1.32. The van der Waals surface area contributed by atoms with Crippen LogP contribution in [0, 0.1) is 12.8 Å². The molecule has 116 valence electrons. The van der Waals surface area contributed by atoms with Gasteiger partial charge >= 0.3 is 0 Å². The average Bonchev–Trinajstić information content (AvgIpc) is 2.90. The van der Waals surface area contributed by atoms with Crippen molar-refractivity contribution in [3.8, 4) is 0 Å². The smallest absolute Gasteiger partial charge is 0.153 e. The fraction of sp³-hybridized carbons (Fsp3) is 0.412. The molecule has 0 aliphatic heterocycles. The molecule has 1 aromatic carbocycles. The maximum Gasteiger partial charge on any atom is 0.153 e. The van der Waals surface area contributed by atoms with Gasteiger partial charge in [0.25, 0.3) is 0 Å². The van der Waals surface area contributed by atoms with E-state index in [1.54, 1.807) is 12.4 Å². The molecule has 0 bridgehead atoms. The molecule has 3 nitrogen and oxygen atoms in total. The number of nitrogens with one attached hydrogen (secondary N) is 1. The van der Waals surface area contributed by atoms with Crippen LogP contribution in [0.3, 0.4) is 0 Å². The zero-order valence-corrected chi connectivity index (χ0v) is 14.2. The van der Waals surface area contributed by atoms with Crippen molar-refractivity contribution in [3.63, 3.8) is 0 Å². The van der Waals surface area contributed by atoms with Crippen LogP contribution in [-0.2, 0) is 5.54 Å².